The van der Waals surface area contributed by atoms with Gasteiger partial charge in [-0.1, -0.05) is 54.1 Å². The van der Waals surface area contributed by atoms with Crippen LogP contribution in [0.15, 0.2) is 72.3 Å². The molecule has 0 spiro atoms. The molecule has 7 heteroatoms. The molecule has 164 valence electrons. The number of amides is 1. The molecule has 3 N–H and O–H groups in total. The predicted molar refractivity (Wildman–Crippen MR) is 123 cm³/mol. The maximum atomic E-state index is 13.8. The summed E-state index contributed by atoms with van der Waals surface area (Å²) in [7, 11) is 0. The summed E-state index contributed by atoms with van der Waals surface area (Å²) in [6, 6.07) is 18.6. The van der Waals surface area contributed by atoms with E-state index in [-0.39, 0.29) is 29.5 Å². The lowest BCUT2D eigenvalue weighted by atomic mass is 9.76. The van der Waals surface area contributed by atoms with Crippen molar-refractivity contribution in [2.75, 3.05) is 13.1 Å². The lowest BCUT2D eigenvalue weighted by Gasteiger charge is -2.43. The average molecular weight is 459 g/mol. The van der Waals surface area contributed by atoms with E-state index in [1.807, 2.05) is 12.1 Å². The summed E-state index contributed by atoms with van der Waals surface area (Å²) >= 11 is 6.30. The molecule has 2 aliphatic heterocycles. The molecule has 2 heterocycles. The number of ketones is 1. The predicted octanol–water partition coefficient (Wildman–Crippen LogP) is 3.64. The Morgan fingerprint density at radius 1 is 0.970 bits per heavy atom. The number of Topliss-reactive ketones (excluding diaryl/α,β-unsaturated/α-hetero) is 1. The molecule has 3 aliphatic rings. The van der Waals surface area contributed by atoms with Crippen LogP contribution in [0.1, 0.15) is 43.3 Å². The van der Waals surface area contributed by atoms with Gasteiger partial charge in [0.2, 0.25) is 0 Å². The van der Waals surface area contributed by atoms with E-state index < -0.39 is 11.6 Å². The molecule has 2 atom stereocenters. The largest absolute Gasteiger partial charge is 0.508 e. The molecule has 0 unspecified atom stereocenters. The second-order valence-electron chi connectivity index (χ2n) is 8.45. The van der Waals surface area contributed by atoms with E-state index in [1.165, 1.54) is 17.0 Å². The Kier molecular flexibility index (Phi) is 4.21. The van der Waals surface area contributed by atoms with Crippen LogP contribution in [0, 0.1) is 0 Å². The van der Waals surface area contributed by atoms with Crippen LogP contribution < -0.4 is 5.32 Å². The van der Waals surface area contributed by atoms with Crippen molar-refractivity contribution in [1.82, 2.24) is 10.2 Å². The summed E-state index contributed by atoms with van der Waals surface area (Å²) in [6.07, 6.45) is 0. The van der Waals surface area contributed by atoms with Crippen molar-refractivity contribution in [3.05, 3.63) is 105 Å². The quantitative estimate of drug-likeness (QED) is 0.518. The number of aromatic hydroxyl groups is 1. The van der Waals surface area contributed by atoms with E-state index in [0.29, 0.717) is 39.5 Å². The Morgan fingerprint density at radius 2 is 1.67 bits per heavy atom. The second kappa shape index (κ2) is 6.94. The van der Waals surface area contributed by atoms with Crippen LogP contribution in [-0.4, -0.2) is 39.9 Å². The zero-order chi connectivity index (χ0) is 22.9. The van der Waals surface area contributed by atoms with Crippen LogP contribution in [-0.2, 0) is 5.72 Å². The fourth-order valence-electron chi connectivity index (χ4n) is 5.41. The minimum absolute atomic E-state index is 0.120. The van der Waals surface area contributed by atoms with E-state index in [9.17, 15) is 19.8 Å². The van der Waals surface area contributed by atoms with Gasteiger partial charge >= 0.3 is 0 Å². The summed E-state index contributed by atoms with van der Waals surface area (Å²) < 4.78 is 0. The van der Waals surface area contributed by atoms with Gasteiger partial charge in [-0.25, -0.2) is 0 Å². The number of phenols is 1. The van der Waals surface area contributed by atoms with Gasteiger partial charge in [0.05, 0.1) is 11.6 Å². The number of carbonyl (C=O) groups excluding carboxylic acids is 2. The van der Waals surface area contributed by atoms with E-state index in [2.05, 4.69) is 5.32 Å². The first kappa shape index (κ1) is 20.0. The zero-order valence-electron chi connectivity index (χ0n) is 17.4. The van der Waals surface area contributed by atoms with Gasteiger partial charge in [0.25, 0.3) is 5.91 Å². The molecule has 6 rings (SSSR count). The van der Waals surface area contributed by atoms with Crippen molar-refractivity contribution >= 4 is 29.0 Å². The minimum atomic E-state index is -1.89. The fourth-order valence-corrected chi connectivity index (χ4v) is 5.59. The van der Waals surface area contributed by atoms with Crippen LogP contribution in [0.25, 0.3) is 5.70 Å². The number of benzene rings is 3. The first-order valence-corrected chi connectivity index (χ1v) is 11.0. The first-order valence-electron chi connectivity index (χ1n) is 10.7. The van der Waals surface area contributed by atoms with Gasteiger partial charge in [-0.05, 0) is 24.3 Å². The number of rotatable bonds is 1. The molecule has 0 bridgehead atoms. The highest BCUT2D eigenvalue weighted by Gasteiger charge is 2.58. The molecule has 1 amide bonds. The van der Waals surface area contributed by atoms with Crippen molar-refractivity contribution in [3.8, 4) is 5.75 Å². The minimum Gasteiger partial charge on any atom is -0.508 e. The third-order valence-electron chi connectivity index (χ3n) is 6.79. The van der Waals surface area contributed by atoms with Crippen LogP contribution in [0.5, 0.6) is 5.75 Å². The summed E-state index contributed by atoms with van der Waals surface area (Å²) in [6.45, 7) is 0.547. The highest BCUT2D eigenvalue weighted by atomic mass is 35.5. The number of nitrogens with zero attached hydrogens (tertiary/aromatic N) is 1. The molecule has 1 aliphatic carbocycles. The number of hydrogen-bond acceptors (Lipinski definition) is 5. The number of phenolic OH excluding ortho intramolecular Hbond substituents is 1. The highest BCUT2D eigenvalue weighted by molar-refractivity contribution is 6.30. The standard InChI is InChI=1S/C26H19ClN2O4/c27-14-9-10-20(30)18(13-14)22-21-23(15-5-1-2-6-16(15)24(21)31)28-11-12-29-25(32)17-7-3-4-8-19(17)26(22,29)33/h1-10,13,22,28,30,33H,11-12H2/t22-,26-/m1/s1. The van der Waals surface area contributed by atoms with Crippen molar-refractivity contribution in [3.63, 3.8) is 0 Å². The number of aliphatic hydroxyl groups is 1. The zero-order valence-corrected chi connectivity index (χ0v) is 18.1. The van der Waals surface area contributed by atoms with E-state index >= 15 is 0 Å². The van der Waals surface area contributed by atoms with E-state index in [0.717, 1.165) is 5.56 Å². The fraction of sp³-hybridized carbons (Fsp3) is 0.154. The highest BCUT2D eigenvalue weighted by Crippen LogP contribution is 2.55. The lowest BCUT2D eigenvalue weighted by molar-refractivity contribution is -0.0972. The van der Waals surface area contributed by atoms with Crippen molar-refractivity contribution in [1.29, 1.82) is 0 Å². The van der Waals surface area contributed by atoms with Crippen LogP contribution in [0.3, 0.4) is 0 Å². The molecule has 3 aromatic carbocycles. The van der Waals surface area contributed by atoms with Crippen molar-refractivity contribution in [2.24, 2.45) is 0 Å². The van der Waals surface area contributed by atoms with Gasteiger partial charge in [-0.15, -0.1) is 0 Å². The van der Waals surface area contributed by atoms with Gasteiger partial charge in [0.1, 0.15) is 5.75 Å². The smallest absolute Gasteiger partial charge is 0.256 e. The van der Waals surface area contributed by atoms with Crippen molar-refractivity contribution < 1.29 is 19.8 Å². The molecular weight excluding hydrogens is 440 g/mol. The lowest BCUT2D eigenvalue weighted by Crippen LogP contribution is -2.52. The number of hydrogen-bond donors (Lipinski definition) is 3. The molecule has 0 saturated carbocycles. The SMILES string of the molecule is O=C1C2=C(NCCN3C(=O)c4ccccc4[C@@]3(O)[C@@H]2c2cc(Cl)ccc2O)c2ccccc21. The monoisotopic (exact) mass is 458 g/mol. The van der Waals surface area contributed by atoms with Gasteiger partial charge in [0.15, 0.2) is 11.5 Å². The molecular formula is C26H19ClN2O4. The maximum Gasteiger partial charge on any atom is 0.256 e. The topological polar surface area (TPSA) is 89.9 Å². The summed E-state index contributed by atoms with van der Waals surface area (Å²) in [5.74, 6) is -1.78. The van der Waals surface area contributed by atoms with Gasteiger partial charge in [-0.3, -0.25) is 9.59 Å². The molecule has 0 radical (unpaired) electrons. The third kappa shape index (κ3) is 2.59. The van der Waals surface area contributed by atoms with E-state index in [1.54, 1.807) is 42.5 Å². The molecule has 3 aromatic rings. The summed E-state index contributed by atoms with van der Waals surface area (Å²) in [5, 5.41) is 27.0. The maximum absolute atomic E-state index is 13.8. The molecule has 6 nitrogen and oxygen atoms in total. The number of fused-ring (bicyclic) bond motifs is 5. The van der Waals surface area contributed by atoms with Gasteiger partial charge < -0.3 is 20.4 Å². The Labute approximate surface area is 194 Å². The molecule has 0 aromatic heterocycles. The second-order valence-corrected chi connectivity index (χ2v) is 8.89. The van der Waals surface area contributed by atoms with Crippen molar-refractivity contribution in [2.45, 2.75) is 11.6 Å². The van der Waals surface area contributed by atoms with Crippen LogP contribution in [0.2, 0.25) is 5.02 Å². The Hall–Kier alpha value is -3.61. The Morgan fingerprint density at radius 3 is 2.45 bits per heavy atom. The third-order valence-corrected chi connectivity index (χ3v) is 7.03. The average Bonchev–Trinajstić information content (AvgIpc) is 3.20. The molecule has 0 saturated heterocycles. The van der Waals surface area contributed by atoms with Gasteiger partial charge in [0, 0.05) is 51.5 Å². The Bertz CT molecular complexity index is 1400. The molecule has 0 fully saturated rings. The first-order chi connectivity index (χ1) is 15.9. The summed E-state index contributed by atoms with van der Waals surface area (Å²) in [5.41, 5.74) is 1.30. The van der Waals surface area contributed by atoms with Crippen LogP contribution in [0.4, 0.5) is 0 Å². The van der Waals surface area contributed by atoms with Crippen LogP contribution >= 0.6 is 11.6 Å². The molecule has 33 heavy (non-hydrogen) atoms. The summed E-state index contributed by atoms with van der Waals surface area (Å²) in [4.78, 5) is 28.5. The van der Waals surface area contributed by atoms with Gasteiger partial charge in [-0.2, -0.15) is 0 Å². The normalized spacial score (nSPS) is 23.3. The Balaban J connectivity index is 1.71. The number of carbonyl (C=O) groups is 2. The number of halogens is 1. The van der Waals surface area contributed by atoms with E-state index in [4.69, 9.17) is 11.6 Å². The number of nitrogens with one attached hydrogen (secondary N) is 1.